The monoisotopic (exact) mass is 268 g/mol. The lowest BCUT2D eigenvalue weighted by atomic mass is 10.1. The second kappa shape index (κ2) is 5.98. The Labute approximate surface area is 116 Å². The summed E-state index contributed by atoms with van der Waals surface area (Å²) in [6.07, 6.45) is 2.00. The molecular weight excluding hydrogens is 248 g/mol. The Hall–Kier alpha value is -1.67. The highest BCUT2D eigenvalue weighted by Gasteiger charge is 2.33. The van der Waals surface area contributed by atoms with Crippen molar-refractivity contribution in [3.63, 3.8) is 0 Å². The molecule has 0 N–H and O–H groups in total. The summed E-state index contributed by atoms with van der Waals surface area (Å²) in [5.41, 5.74) is 1.37. The minimum Gasteiger partial charge on any atom is -0.303 e. The van der Waals surface area contributed by atoms with Crippen LogP contribution in [-0.2, 0) is 11.2 Å². The molecule has 0 spiro atoms. The molecule has 2 aromatic rings. The molecule has 0 amide bonds. The Kier molecular flexibility index (Phi) is 4.33. The molecule has 98 valence electrons. The van der Waals surface area contributed by atoms with E-state index in [0.29, 0.717) is 0 Å². The van der Waals surface area contributed by atoms with E-state index in [-0.39, 0.29) is 5.54 Å². The van der Waals surface area contributed by atoms with Gasteiger partial charge < -0.3 is 4.79 Å². The van der Waals surface area contributed by atoms with Crippen LogP contribution < -0.4 is 5.19 Å². The van der Waals surface area contributed by atoms with Crippen LogP contribution in [0.5, 0.6) is 0 Å². The molecule has 2 heteroatoms. The zero-order valence-corrected chi connectivity index (χ0v) is 12.5. The second-order valence-corrected chi connectivity index (χ2v) is 10.3. The van der Waals surface area contributed by atoms with Crippen LogP contribution in [0.4, 0.5) is 0 Å². The summed E-state index contributed by atoms with van der Waals surface area (Å²) < 4.78 is 0. The van der Waals surface area contributed by atoms with E-state index in [1.807, 2.05) is 24.3 Å². The lowest BCUT2D eigenvalue weighted by molar-refractivity contribution is -0.107. The van der Waals surface area contributed by atoms with Crippen molar-refractivity contribution < 1.29 is 4.79 Å². The summed E-state index contributed by atoms with van der Waals surface area (Å²) in [4.78, 5) is 11.6. The van der Waals surface area contributed by atoms with E-state index in [0.717, 1.165) is 12.7 Å². The molecule has 0 bridgehead atoms. The first-order valence-electron chi connectivity index (χ1n) is 6.69. The molecule has 0 aromatic heterocycles. The van der Waals surface area contributed by atoms with Crippen LogP contribution in [0.2, 0.25) is 18.6 Å². The van der Waals surface area contributed by atoms with Crippen molar-refractivity contribution in [2.24, 2.45) is 0 Å². The van der Waals surface area contributed by atoms with Crippen LogP contribution in [0, 0.1) is 0 Å². The SMILES string of the molecule is C[Si](C)(c1ccccc1)C(C=O)Cc1ccccc1. The predicted octanol–water partition coefficient (Wildman–Crippen LogP) is 3.41. The van der Waals surface area contributed by atoms with E-state index in [1.165, 1.54) is 10.8 Å². The van der Waals surface area contributed by atoms with E-state index in [9.17, 15) is 4.79 Å². The van der Waals surface area contributed by atoms with Crippen molar-refractivity contribution in [3.05, 3.63) is 66.2 Å². The highest BCUT2D eigenvalue weighted by atomic mass is 28.3. The first kappa shape index (κ1) is 13.8. The van der Waals surface area contributed by atoms with Gasteiger partial charge in [-0.2, -0.15) is 0 Å². The molecule has 2 aromatic carbocycles. The number of benzene rings is 2. The number of carbonyl (C=O) groups is 1. The maximum Gasteiger partial charge on any atom is 0.121 e. The van der Waals surface area contributed by atoms with Crippen molar-refractivity contribution in [3.8, 4) is 0 Å². The third kappa shape index (κ3) is 3.21. The molecule has 0 fully saturated rings. The number of hydrogen-bond acceptors (Lipinski definition) is 1. The fourth-order valence-corrected chi connectivity index (χ4v) is 4.99. The quantitative estimate of drug-likeness (QED) is 0.600. The van der Waals surface area contributed by atoms with E-state index in [4.69, 9.17) is 0 Å². The zero-order valence-electron chi connectivity index (χ0n) is 11.5. The van der Waals surface area contributed by atoms with Gasteiger partial charge in [0.2, 0.25) is 0 Å². The fraction of sp³-hybridized carbons (Fsp3) is 0.235. The predicted molar refractivity (Wildman–Crippen MR) is 83.5 cm³/mol. The number of rotatable bonds is 5. The average Bonchev–Trinajstić information content (AvgIpc) is 2.46. The Bertz CT molecular complexity index is 519. The van der Waals surface area contributed by atoms with Crippen LogP contribution in [0.3, 0.4) is 0 Å². The maximum absolute atomic E-state index is 11.6. The minimum absolute atomic E-state index is 0.122. The molecule has 1 nitrogen and oxygen atoms in total. The van der Waals surface area contributed by atoms with Gasteiger partial charge in [0.15, 0.2) is 0 Å². The molecule has 0 saturated heterocycles. The maximum atomic E-state index is 11.6. The fourth-order valence-electron chi connectivity index (χ4n) is 2.42. The smallest absolute Gasteiger partial charge is 0.121 e. The topological polar surface area (TPSA) is 17.1 Å². The van der Waals surface area contributed by atoms with Crippen molar-refractivity contribution in [1.29, 1.82) is 0 Å². The Balaban J connectivity index is 2.24. The zero-order chi connectivity index (χ0) is 13.7. The Morgan fingerprint density at radius 2 is 1.47 bits per heavy atom. The molecule has 19 heavy (non-hydrogen) atoms. The van der Waals surface area contributed by atoms with E-state index in [2.05, 4.69) is 49.5 Å². The summed E-state index contributed by atoms with van der Waals surface area (Å²) in [6, 6.07) is 20.8. The van der Waals surface area contributed by atoms with Crippen LogP contribution in [-0.4, -0.2) is 14.4 Å². The molecule has 0 aliphatic rings. The van der Waals surface area contributed by atoms with Gasteiger partial charge in [-0.05, 0) is 12.0 Å². The molecule has 2 rings (SSSR count). The highest BCUT2D eigenvalue weighted by molar-refractivity contribution is 6.92. The third-order valence-electron chi connectivity index (χ3n) is 3.91. The number of carbonyl (C=O) groups excluding carboxylic acids is 1. The molecule has 0 aliphatic heterocycles. The van der Waals surface area contributed by atoms with E-state index in [1.54, 1.807) is 0 Å². The standard InChI is InChI=1S/C17H20OSi/c1-19(2,16-11-7-4-8-12-16)17(14-18)13-15-9-5-3-6-10-15/h3-12,14,17H,13H2,1-2H3. The lowest BCUT2D eigenvalue weighted by Crippen LogP contribution is -2.47. The summed E-state index contributed by atoms with van der Waals surface area (Å²) in [7, 11) is -1.76. The van der Waals surface area contributed by atoms with Crippen molar-refractivity contribution >= 4 is 19.5 Å². The van der Waals surface area contributed by atoms with E-state index < -0.39 is 8.07 Å². The third-order valence-corrected chi connectivity index (χ3v) is 7.92. The molecule has 0 saturated carbocycles. The van der Waals surface area contributed by atoms with Gasteiger partial charge in [-0.1, -0.05) is 78.9 Å². The van der Waals surface area contributed by atoms with Crippen LogP contribution >= 0.6 is 0 Å². The Morgan fingerprint density at radius 3 is 2.00 bits per heavy atom. The van der Waals surface area contributed by atoms with Gasteiger partial charge in [0.05, 0.1) is 8.07 Å². The van der Waals surface area contributed by atoms with Crippen LogP contribution in [0.15, 0.2) is 60.7 Å². The largest absolute Gasteiger partial charge is 0.303 e. The van der Waals surface area contributed by atoms with Gasteiger partial charge in [0, 0.05) is 5.54 Å². The van der Waals surface area contributed by atoms with Gasteiger partial charge in [0.25, 0.3) is 0 Å². The Morgan fingerprint density at radius 1 is 0.947 bits per heavy atom. The lowest BCUT2D eigenvalue weighted by Gasteiger charge is -2.29. The van der Waals surface area contributed by atoms with E-state index >= 15 is 0 Å². The molecular formula is C17H20OSi. The van der Waals surface area contributed by atoms with Gasteiger partial charge in [-0.25, -0.2) is 0 Å². The van der Waals surface area contributed by atoms with Gasteiger partial charge >= 0.3 is 0 Å². The van der Waals surface area contributed by atoms with Crippen LogP contribution in [0.1, 0.15) is 5.56 Å². The van der Waals surface area contributed by atoms with Gasteiger partial charge in [-0.3, -0.25) is 0 Å². The summed E-state index contributed by atoms with van der Waals surface area (Å²) in [6.45, 7) is 4.56. The molecule has 1 atom stereocenters. The van der Waals surface area contributed by atoms with Gasteiger partial charge in [0.1, 0.15) is 6.29 Å². The highest BCUT2D eigenvalue weighted by Crippen LogP contribution is 2.24. The van der Waals surface area contributed by atoms with Gasteiger partial charge in [-0.15, -0.1) is 0 Å². The molecule has 0 heterocycles. The molecule has 1 unspecified atom stereocenters. The van der Waals surface area contributed by atoms with Crippen molar-refractivity contribution in [2.75, 3.05) is 0 Å². The van der Waals surface area contributed by atoms with Crippen LogP contribution in [0.25, 0.3) is 0 Å². The normalized spacial score (nSPS) is 12.9. The first-order chi connectivity index (χ1) is 9.14. The minimum atomic E-state index is -1.76. The number of aldehydes is 1. The number of hydrogen-bond donors (Lipinski definition) is 0. The molecule has 0 radical (unpaired) electrons. The second-order valence-electron chi connectivity index (χ2n) is 5.52. The summed E-state index contributed by atoms with van der Waals surface area (Å²) in [5.74, 6) is 0. The first-order valence-corrected chi connectivity index (χ1v) is 9.77. The summed E-state index contributed by atoms with van der Waals surface area (Å²) in [5, 5.41) is 1.35. The van der Waals surface area contributed by atoms with Crippen molar-refractivity contribution in [1.82, 2.24) is 0 Å². The molecule has 0 aliphatic carbocycles. The van der Waals surface area contributed by atoms with Crippen molar-refractivity contribution in [2.45, 2.75) is 25.1 Å². The average molecular weight is 268 g/mol. The summed E-state index contributed by atoms with van der Waals surface area (Å²) >= 11 is 0.